The molecule has 3 saturated carbocycles. The molecule has 2 N–H and O–H groups in total. The summed E-state index contributed by atoms with van der Waals surface area (Å²) in [5.41, 5.74) is -1.38. The first-order valence-electron chi connectivity index (χ1n) is 12.2. The first kappa shape index (κ1) is 29.4. The third kappa shape index (κ3) is 5.64. The van der Waals surface area contributed by atoms with Crippen molar-refractivity contribution in [1.82, 2.24) is 14.9 Å². The SMILES string of the molecule is CC1(C)N=C(C23CC(N(Cc4ccc(Cl)c(Cl)c4)S(=O)(=O)CCCF)(C2)C3)N[C@H]1C(=O)NCCC(F)(F)F. The molecular formula is C24H30Cl2F4N4O3S. The molecule has 212 valence electrons. The third-order valence-corrected chi connectivity index (χ3v) is 10.3. The summed E-state index contributed by atoms with van der Waals surface area (Å²) in [4.78, 5) is 17.3. The molecule has 14 heteroatoms. The van der Waals surface area contributed by atoms with Crippen molar-refractivity contribution in [2.45, 2.75) is 75.8 Å². The van der Waals surface area contributed by atoms with Crippen LogP contribution < -0.4 is 10.6 Å². The van der Waals surface area contributed by atoms with Crippen LogP contribution >= 0.6 is 23.2 Å². The summed E-state index contributed by atoms with van der Waals surface area (Å²) in [6.07, 6.45) is -4.24. The van der Waals surface area contributed by atoms with E-state index in [4.69, 9.17) is 28.2 Å². The van der Waals surface area contributed by atoms with E-state index in [1.165, 1.54) is 4.31 Å². The fourth-order valence-electron chi connectivity index (χ4n) is 5.75. The van der Waals surface area contributed by atoms with Crippen molar-refractivity contribution in [2.24, 2.45) is 10.4 Å². The van der Waals surface area contributed by atoms with Crippen LogP contribution in [0, 0.1) is 5.41 Å². The van der Waals surface area contributed by atoms with Gasteiger partial charge in [0.2, 0.25) is 15.9 Å². The van der Waals surface area contributed by atoms with Gasteiger partial charge in [0.05, 0.1) is 34.4 Å². The number of sulfonamides is 1. The number of rotatable bonds is 11. The number of nitrogens with zero attached hydrogens (tertiary/aromatic N) is 2. The van der Waals surface area contributed by atoms with Crippen LogP contribution in [0.15, 0.2) is 23.2 Å². The van der Waals surface area contributed by atoms with Gasteiger partial charge >= 0.3 is 6.18 Å². The summed E-state index contributed by atoms with van der Waals surface area (Å²) < 4.78 is 78.3. The fourth-order valence-corrected chi connectivity index (χ4v) is 7.89. The summed E-state index contributed by atoms with van der Waals surface area (Å²) in [6.45, 7) is 2.22. The van der Waals surface area contributed by atoms with E-state index in [2.05, 4.69) is 10.6 Å². The highest BCUT2D eigenvalue weighted by molar-refractivity contribution is 7.89. The molecule has 3 fully saturated rings. The lowest BCUT2D eigenvalue weighted by atomic mass is 9.38. The molecule has 5 rings (SSSR count). The van der Waals surface area contributed by atoms with E-state index < -0.39 is 64.3 Å². The van der Waals surface area contributed by atoms with Gasteiger partial charge in [0, 0.05) is 24.0 Å². The van der Waals surface area contributed by atoms with Crippen LogP contribution in [0.5, 0.6) is 0 Å². The first-order chi connectivity index (χ1) is 17.5. The number of halogens is 6. The number of alkyl halides is 4. The number of amides is 1. The molecule has 0 radical (unpaired) electrons. The second kappa shape index (κ2) is 10.1. The van der Waals surface area contributed by atoms with E-state index in [0.29, 0.717) is 40.7 Å². The second-order valence-electron chi connectivity index (χ2n) is 11.0. The van der Waals surface area contributed by atoms with Crippen molar-refractivity contribution >= 4 is 45.0 Å². The molecule has 0 saturated heterocycles. The number of hydrogen-bond donors (Lipinski definition) is 2. The smallest absolute Gasteiger partial charge is 0.360 e. The standard InChI is InChI=1S/C24H30Cl2F4N4O3S/c1-21(2)18(19(35)31-8-6-24(28,29)30)32-20(33-21)22-12-23(13-22,14-22)34(38(36,37)9-3-7-27)11-15-4-5-16(25)17(26)10-15/h4-5,10,18H,3,6-9,11-14H2,1-2H3,(H,31,35)(H,32,33)/t18-,22?,23?/m0/s1. The molecule has 1 heterocycles. The highest BCUT2D eigenvalue weighted by Crippen LogP contribution is 2.71. The van der Waals surface area contributed by atoms with Crippen LogP contribution in [0.2, 0.25) is 10.0 Å². The fraction of sp³-hybridized carbons (Fsp3) is 0.667. The monoisotopic (exact) mass is 600 g/mol. The van der Waals surface area contributed by atoms with E-state index in [1.54, 1.807) is 32.0 Å². The Morgan fingerprint density at radius 1 is 1.21 bits per heavy atom. The van der Waals surface area contributed by atoms with Crippen molar-refractivity contribution in [1.29, 1.82) is 0 Å². The largest absolute Gasteiger partial charge is 0.390 e. The Balaban J connectivity index is 1.47. The van der Waals surface area contributed by atoms with E-state index >= 15 is 0 Å². The Morgan fingerprint density at radius 2 is 1.87 bits per heavy atom. The van der Waals surface area contributed by atoms with Gasteiger partial charge in [-0.25, -0.2) is 8.42 Å². The summed E-state index contributed by atoms with van der Waals surface area (Å²) >= 11 is 12.1. The number of amidine groups is 1. The van der Waals surface area contributed by atoms with Gasteiger partial charge in [-0.05, 0) is 57.2 Å². The Kier molecular flexibility index (Phi) is 7.79. The van der Waals surface area contributed by atoms with Crippen molar-refractivity contribution < 1.29 is 30.8 Å². The quantitative estimate of drug-likeness (QED) is 0.362. The Labute approximate surface area is 229 Å². The van der Waals surface area contributed by atoms with Crippen molar-refractivity contribution in [3.05, 3.63) is 33.8 Å². The zero-order chi connectivity index (χ0) is 28.1. The van der Waals surface area contributed by atoms with Gasteiger partial charge in [-0.3, -0.25) is 14.2 Å². The predicted octanol–water partition coefficient (Wildman–Crippen LogP) is 4.63. The van der Waals surface area contributed by atoms with Crippen molar-refractivity contribution in [3.8, 4) is 0 Å². The van der Waals surface area contributed by atoms with Gasteiger partial charge in [0.25, 0.3) is 0 Å². The second-order valence-corrected chi connectivity index (χ2v) is 13.8. The maximum atomic E-state index is 13.3. The third-order valence-electron chi connectivity index (χ3n) is 7.57. The van der Waals surface area contributed by atoms with E-state index in [1.807, 2.05) is 0 Å². The first-order valence-corrected chi connectivity index (χ1v) is 14.6. The highest BCUT2D eigenvalue weighted by atomic mass is 35.5. The molecule has 2 bridgehead atoms. The average Bonchev–Trinajstić information content (AvgIpc) is 3.06. The van der Waals surface area contributed by atoms with Crippen molar-refractivity contribution in [2.75, 3.05) is 19.0 Å². The minimum Gasteiger partial charge on any atom is -0.360 e. The van der Waals surface area contributed by atoms with Gasteiger partial charge in [0.15, 0.2) is 0 Å². The number of nitrogens with one attached hydrogen (secondary N) is 2. The van der Waals surface area contributed by atoms with Crippen molar-refractivity contribution in [3.63, 3.8) is 0 Å². The Hall–Kier alpha value is -1.63. The van der Waals surface area contributed by atoms with Gasteiger partial charge in [0.1, 0.15) is 11.9 Å². The maximum Gasteiger partial charge on any atom is 0.390 e. The number of hydrogen-bond acceptors (Lipinski definition) is 5. The normalized spacial score (nSPS) is 27.8. The summed E-state index contributed by atoms with van der Waals surface area (Å²) in [5, 5.41) is 6.08. The van der Waals surface area contributed by atoms with Gasteiger partial charge in [-0.2, -0.15) is 17.5 Å². The van der Waals surface area contributed by atoms with Crippen LogP contribution in [0.4, 0.5) is 17.6 Å². The molecule has 0 aromatic heterocycles. The molecule has 1 aromatic rings. The zero-order valence-electron chi connectivity index (χ0n) is 21.0. The van der Waals surface area contributed by atoms with Gasteiger partial charge in [-0.15, -0.1) is 0 Å². The van der Waals surface area contributed by atoms with E-state index in [9.17, 15) is 30.8 Å². The summed E-state index contributed by atoms with van der Waals surface area (Å²) in [7, 11) is -3.81. The Morgan fingerprint density at radius 3 is 2.45 bits per heavy atom. The maximum absolute atomic E-state index is 13.3. The minimum atomic E-state index is -4.37. The van der Waals surface area contributed by atoms with Crippen LogP contribution in [0.1, 0.15) is 51.5 Å². The number of benzene rings is 1. The Bertz CT molecular complexity index is 1220. The van der Waals surface area contributed by atoms with Crippen LogP contribution in [0.3, 0.4) is 0 Å². The van der Waals surface area contributed by atoms with Crippen LogP contribution in [-0.2, 0) is 21.4 Å². The molecular weight excluding hydrogens is 571 g/mol. The number of aliphatic imine (C=N–C) groups is 1. The van der Waals surface area contributed by atoms with Crippen LogP contribution in [0.25, 0.3) is 0 Å². The molecule has 38 heavy (non-hydrogen) atoms. The minimum absolute atomic E-state index is 0.0528. The molecule has 3 aliphatic carbocycles. The van der Waals surface area contributed by atoms with Gasteiger partial charge in [-0.1, -0.05) is 29.3 Å². The van der Waals surface area contributed by atoms with E-state index in [-0.39, 0.29) is 18.7 Å². The molecule has 1 aliphatic heterocycles. The van der Waals surface area contributed by atoms with Gasteiger partial charge < -0.3 is 10.6 Å². The topological polar surface area (TPSA) is 90.9 Å². The predicted molar refractivity (Wildman–Crippen MR) is 138 cm³/mol. The summed E-state index contributed by atoms with van der Waals surface area (Å²) in [5.74, 6) is -0.336. The molecule has 1 amide bonds. The molecule has 1 aromatic carbocycles. The molecule has 0 unspecified atom stereocenters. The average molecular weight is 601 g/mol. The van der Waals surface area contributed by atoms with Crippen LogP contribution in [-0.4, -0.2) is 66.7 Å². The highest BCUT2D eigenvalue weighted by Gasteiger charge is 2.75. The zero-order valence-corrected chi connectivity index (χ0v) is 23.3. The lowest BCUT2D eigenvalue weighted by Gasteiger charge is -2.73. The molecule has 1 atom stereocenters. The molecule has 4 aliphatic rings. The number of carbonyl (C=O) groups is 1. The molecule has 0 spiro atoms. The summed E-state index contributed by atoms with van der Waals surface area (Å²) in [6, 6.07) is 4.04. The lowest BCUT2D eigenvalue weighted by molar-refractivity contribution is -0.151. The van der Waals surface area contributed by atoms with E-state index in [0.717, 1.165) is 0 Å². The lowest BCUT2D eigenvalue weighted by Crippen LogP contribution is -2.78. The molecule has 7 nitrogen and oxygen atoms in total. The number of carbonyl (C=O) groups excluding carboxylic acids is 1.